The molecule has 0 unspecified atom stereocenters. The summed E-state index contributed by atoms with van der Waals surface area (Å²) in [6.45, 7) is 1.70. The number of carbonyl (C=O) groups excluding carboxylic acids is 1. The fraction of sp³-hybridized carbons (Fsp3) is 0.750. The molecule has 8 heteroatoms. The summed E-state index contributed by atoms with van der Waals surface area (Å²) < 4.78 is 0.941. The molecule has 0 saturated heterocycles. The Labute approximate surface area is 120 Å². The van der Waals surface area contributed by atoms with E-state index in [1.54, 1.807) is 0 Å². The molecule has 0 fully saturated rings. The minimum Gasteiger partial charge on any atom is -0.370 e. The Morgan fingerprint density at radius 1 is 1.10 bits per heavy atom. The van der Waals surface area contributed by atoms with E-state index < -0.39 is 0 Å². The van der Waals surface area contributed by atoms with E-state index in [0.717, 1.165) is 23.9 Å². The number of nitrogens with two attached hydrogens (primary N) is 2. The monoisotopic (exact) mass is 286 g/mol. The summed E-state index contributed by atoms with van der Waals surface area (Å²) in [5.41, 5.74) is 11.2. The van der Waals surface area contributed by atoms with E-state index in [1.807, 2.05) is 0 Å². The van der Waals surface area contributed by atoms with Crippen LogP contribution in [0, 0.1) is 0 Å². The van der Waals surface area contributed by atoms with Crippen molar-refractivity contribution in [3.05, 3.63) is 0 Å². The number of amides is 1. The maximum Gasteiger partial charge on any atom is 0.241 e. The second-order valence-electron chi connectivity index (χ2n) is 5.49. The molecule has 0 aliphatic carbocycles. The van der Waals surface area contributed by atoms with Gasteiger partial charge in [-0.15, -0.1) is 0 Å². The van der Waals surface area contributed by atoms with Gasteiger partial charge in [0.15, 0.2) is 11.9 Å². The smallest absolute Gasteiger partial charge is 0.241 e. The highest BCUT2D eigenvalue weighted by Crippen LogP contribution is 1.97. The molecule has 0 spiro atoms. The molecule has 0 aromatic rings. The highest BCUT2D eigenvalue weighted by atomic mass is 16.1. The van der Waals surface area contributed by atoms with Gasteiger partial charge in [-0.25, -0.2) is 4.99 Å². The second kappa shape index (κ2) is 9.13. The Morgan fingerprint density at radius 3 is 2.25 bits per heavy atom. The number of guanidine groups is 2. The van der Waals surface area contributed by atoms with E-state index >= 15 is 0 Å². The minimum absolute atomic E-state index is 0.0356. The number of aliphatic imine (C=N–C) groups is 2. The van der Waals surface area contributed by atoms with Crippen molar-refractivity contribution in [2.45, 2.75) is 12.8 Å². The molecule has 0 bridgehead atoms. The lowest BCUT2D eigenvalue weighted by Gasteiger charge is -2.23. The Bertz CT molecular complexity index is 357. The molecule has 0 atom stereocenters. The molecule has 116 valence electrons. The number of hydrogen-bond donors (Lipinski definition) is 4. The van der Waals surface area contributed by atoms with Gasteiger partial charge in [0.05, 0.1) is 27.7 Å². The van der Waals surface area contributed by atoms with Crippen LogP contribution in [0.2, 0.25) is 0 Å². The normalized spacial score (nSPS) is 13.2. The van der Waals surface area contributed by atoms with Crippen LogP contribution in [0.15, 0.2) is 9.98 Å². The van der Waals surface area contributed by atoms with Crippen molar-refractivity contribution in [2.75, 3.05) is 47.8 Å². The summed E-state index contributed by atoms with van der Waals surface area (Å²) in [6.07, 6.45) is 2.05. The average molecular weight is 286 g/mol. The first kappa shape index (κ1) is 18.2. The van der Waals surface area contributed by atoms with E-state index in [0.29, 0.717) is 6.54 Å². The van der Waals surface area contributed by atoms with E-state index in [1.165, 1.54) is 7.05 Å². The van der Waals surface area contributed by atoms with Gasteiger partial charge in [0.1, 0.15) is 6.54 Å². The summed E-state index contributed by atoms with van der Waals surface area (Å²) >= 11 is 0. The number of unbranched alkanes of at least 4 members (excludes halogenated alkanes) is 1. The highest BCUT2D eigenvalue weighted by molar-refractivity contribution is 5.97. The fourth-order valence-corrected chi connectivity index (χ4v) is 1.34. The maximum atomic E-state index is 11.0. The van der Waals surface area contributed by atoms with Crippen LogP contribution in [0.5, 0.6) is 0 Å². The molecule has 0 radical (unpaired) electrons. The van der Waals surface area contributed by atoms with Gasteiger partial charge >= 0.3 is 0 Å². The Hall–Kier alpha value is -1.83. The van der Waals surface area contributed by atoms with Crippen LogP contribution in [-0.4, -0.2) is 70.1 Å². The molecule has 0 saturated carbocycles. The number of rotatable bonds is 7. The van der Waals surface area contributed by atoms with Gasteiger partial charge in [-0.05, 0) is 12.8 Å². The SMILES string of the molecule is CNC(=O)CN=C(N)NC(N)=NCCCC[N+](C)(C)C. The molecule has 0 aliphatic heterocycles. The lowest BCUT2D eigenvalue weighted by atomic mass is 10.3. The van der Waals surface area contributed by atoms with Crippen LogP contribution >= 0.6 is 0 Å². The predicted octanol–water partition coefficient (Wildman–Crippen LogP) is -1.56. The van der Waals surface area contributed by atoms with Crippen LogP contribution < -0.4 is 22.1 Å². The number of hydrogen-bond acceptors (Lipinski definition) is 3. The molecule has 0 aliphatic rings. The maximum absolute atomic E-state index is 11.0. The molecule has 0 rings (SSSR count). The van der Waals surface area contributed by atoms with Crippen LogP contribution in [-0.2, 0) is 4.79 Å². The van der Waals surface area contributed by atoms with Gasteiger partial charge in [0.25, 0.3) is 0 Å². The van der Waals surface area contributed by atoms with Crippen LogP contribution in [0.4, 0.5) is 0 Å². The van der Waals surface area contributed by atoms with Crippen molar-refractivity contribution in [3.8, 4) is 0 Å². The zero-order chi connectivity index (χ0) is 15.6. The van der Waals surface area contributed by atoms with Crippen molar-refractivity contribution < 1.29 is 9.28 Å². The molecule has 0 heterocycles. The molecule has 1 amide bonds. The number of nitrogens with zero attached hydrogens (tertiary/aromatic N) is 3. The zero-order valence-corrected chi connectivity index (χ0v) is 12.9. The summed E-state index contributed by atoms with van der Waals surface area (Å²) in [5, 5.41) is 5.08. The van der Waals surface area contributed by atoms with Crippen LogP contribution in [0.25, 0.3) is 0 Å². The molecule has 6 N–H and O–H groups in total. The number of quaternary nitrogens is 1. The fourth-order valence-electron chi connectivity index (χ4n) is 1.34. The number of likely N-dealkylation sites (N-methyl/N-ethyl adjacent to an activating group) is 1. The lowest BCUT2D eigenvalue weighted by Crippen LogP contribution is -2.42. The van der Waals surface area contributed by atoms with Crippen molar-refractivity contribution in [1.82, 2.24) is 10.6 Å². The summed E-state index contributed by atoms with van der Waals surface area (Å²) in [5.74, 6) is 0.0835. The van der Waals surface area contributed by atoms with Crippen molar-refractivity contribution >= 4 is 17.8 Å². The van der Waals surface area contributed by atoms with E-state index in [4.69, 9.17) is 11.5 Å². The first-order chi connectivity index (χ1) is 9.24. The van der Waals surface area contributed by atoms with E-state index in [9.17, 15) is 4.79 Å². The van der Waals surface area contributed by atoms with Gasteiger partial charge in [0.2, 0.25) is 5.91 Å². The molecule has 20 heavy (non-hydrogen) atoms. The van der Waals surface area contributed by atoms with Crippen molar-refractivity contribution in [1.29, 1.82) is 0 Å². The summed E-state index contributed by atoms with van der Waals surface area (Å²) in [4.78, 5) is 18.9. The van der Waals surface area contributed by atoms with Gasteiger partial charge in [-0.1, -0.05) is 0 Å². The Balaban J connectivity index is 3.93. The highest BCUT2D eigenvalue weighted by Gasteiger charge is 2.05. The topological polar surface area (TPSA) is 118 Å². The van der Waals surface area contributed by atoms with Gasteiger partial charge in [0, 0.05) is 13.6 Å². The molecular formula is C12H28N7O+. The summed E-state index contributed by atoms with van der Waals surface area (Å²) in [6, 6.07) is 0. The third-order valence-corrected chi connectivity index (χ3v) is 2.45. The zero-order valence-electron chi connectivity index (χ0n) is 12.9. The standard InChI is InChI=1S/C12H27N7O/c1-15-10(20)9-17-12(14)18-11(13)16-7-5-6-8-19(2,3)4/h5-9H2,1-4H3,(H5-,13,14,15,16,17,18,20)/p+1. The van der Waals surface area contributed by atoms with E-state index in [-0.39, 0.29) is 24.4 Å². The first-order valence-electron chi connectivity index (χ1n) is 6.62. The average Bonchev–Trinajstić information content (AvgIpc) is 2.34. The van der Waals surface area contributed by atoms with Gasteiger partial charge < -0.3 is 21.3 Å². The lowest BCUT2D eigenvalue weighted by molar-refractivity contribution is -0.870. The number of carbonyl (C=O) groups is 1. The van der Waals surface area contributed by atoms with Crippen molar-refractivity contribution in [2.24, 2.45) is 21.5 Å². The van der Waals surface area contributed by atoms with E-state index in [2.05, 4.69) is 41.8 Å². The van der Waals surface area contributed by atoms with Crippen LogP contribution in [0.1, 0.15) is 12.8 Å². The molecule has 0 aromatic heterocycles. The third-order valence-electron chi connectivity index (χ3n) is 2.45. The molecular weight excluding hydrogens is 258 g/mol. The second-order valence-corrected chi connectivity index (χ2v) is 5.49. The minimum atomic E-state index is -0.217. The van der Waals surface area contributed by atoms with Crippen LogP contribution in [0.3, 0.4) is 0 Å². The third kappa shape index (κ3) is 11.3. The quantitative estimate of drug-likeness (QED) is 0.196. The molecule has 8 nitrogen and oxygen atoms in total. The Morgan fingerprint density at radius 2 is 1.70 bits per heavy atom. The molecule has 0 aromatic carbocycles. The van der Waals surface area contributed by atoms with Crippen molar-refractivity contribution in [3.63, 3.8) is 0 Å². The summed E-state index contributed by atoms with van der Waals surface area (Å²) in [7, 11) is 8.00. The predicted molar refractivity (Wildman–Crippen MR) is 82.3 cm³/mol. The Kier molecular flexibility index (Phi) is 8.30. The first-order valence-corrected chi connectivity index (χ1v) is 6.62. The van der Waals surface area contributed by atoms with Gasteiger partial charge in [-0.3, -0.25) is 15.1 Å². The largest absolute Gasteiger partial charge is 0.370 e. The number of nitrogens with one attached hydrogen (secondary N) is 2. The van der Waals surface area contributed by atoms with Gasteiger partial charge in [-0.2, -0.15) is 0 Å².